The van der Waals surface area contributed by atoms with E-state index in [1.54, 1.807) is 0 Å². The van der Waals surface area contributed by atoms with Gasteiger partial charge in [-0.3, -0.25) is 4.79 Å². The summed E-state index contributed by atoms with van der Waals surface area (Å²) in [5, 5.41) is 16.8. The molecule has 128 valence electrons. The molecule has 0 spiro atoms. The number of benzene rings is 1. The lowest BCUT2D eigenvalue weighted by Crippen LogP contribution is -2.20. The number of anilines is 1. The van der Waals surface area contributed by atoms with Crippen LogP contribution in [0.5, 0.6) is 0 Å². The van der Waals surface area contributed by atoms with E-state index in [2.05, 4.69) is 26.3 Å². The number of carbonyl (C=O) groups is 1. The molecule has 0 aliphatic carbocycles. The molecule has 0 unspecified atom stereocenters. The van der Waals surface area contributed by atoms with Crippen LogP contribution in [0.1, 0.15) is 11.3 Å². The first-order valence-corrected chi connectivity index (χ1v) is 7.23. The third kappa shape index (κ3) is 3.91. The zero-order valence-corrected chi connectivity index (χ0v) is 13.7. The molecule has 11 heteroatoms. The quantitative estimate of drug-likeness (QED) is 0.621. The van der Waals surface area contributed by atoms with Gasteiger partial charge in [-0.25, -0.2) is 0 Å². The van der Waals surface area contributed by atoms with Crippen molar-refractivity contribution in [2.45, 2.75) is 19.6 Å². The highest BCUT2D eigenvalue weighted by Crippen LogP contribution is 2.31. The molecule has 0 saturated heterocycles. The van der Waals surface area contributed by atoms with Crippen molar-refractivity contribution in [3.8, 4) is 0 Å². The van der Waals surface area contributed by atoms with Gasteiger partial charge in [-0.05, 0) is 46.0 Å². The van der Waals surface area contributed by atoms with Crippen LogP contribution in [-0.2, 0) is 17.5 Å². The summed E-state index contributed by atoms with van der Waals surface area (Å²) in [6.45, 7) is 1.14. The van der Waals surface area contributed by atoms with E-state index in [-0.39, 0.29) is 16.7 Å². The van der Waals surface area contributed by atoms with Gasteiger partial charge in [-0.2, -0.15) is 17.9 Å². The molecule has 1 aromatic heterocycles. The Balaban J connectivity index is 2.15. The Kier molecular flexibility index (Phi) is 4.92. The molecule has 2 aromatic rings. The molecular weight excluding hydrogens is 397 g/mol. The lowest BCUT2D eigenvalue weighted by Gasteiger charge is -2.09. The van der Waals surface area contributed by atoms with Gasteiger partial charge >= 0.3 is 12.0 Å². The van der Waals surface area contributed by atoms with E-state index in [0.29, 0.717) is 5.69 Å². The van der Waals surface area contributed by atoms with Crippen molar-refractivity contribution < 1.29 is 22.9 Å². The molecule has 0 saturated carbocycles. The summed E-state index contributed by atoms with van der Waals surface area (Å²) < 4.78 is 39.1. The van der Waals surface area contributed by atoms with E-state index >= 15 is 0 Å². The number of alkyl halides is 3. The molecule has 2 rings (SSSR count). The van der Waals surface area contributed by atoms with Crippen molar-refractivity contribution in [3.05, 3.63) is 50.1 Å². The number of nitrogens with one attached hydrogen (secondary N) is 1. The number of hydrogen-bond donors (Lipinski definition) is 1. The lowest BCUT2D eigenvalue weighted by atomic mass is 10.2. The second kappa shape index (κ2) is 6.59. The summed E-state index contributed by atoms with van der Waals surface area (Å²) in [5.41, 5.74) is -0.581. The molecule has 1 aromatic carbocycles. The molecule has 0 atom stereocenters. The molecule has 7 nitrogen and oxygen atoms in total. The van der Waals surface area contributed by atoms with E-state index in [1.807, 2.05) is 0 Å². The van der Waals surface area contributed by atoms with Gasteiger partial charge < -0.3 is 15.4 Å². The highest BCUT2D eigenvalue weighted by molar-refractivity contribution is 9.10. The number of hydrogen-bond acceptors (Lipinski definition) is 4. The zero-order valence-electron chi connectivity index (χ0n) is 12.1. The molecule has 1 amide bonds. The van der Waals surface area contributed by atoms with E-state index in [9.17, 15) is 28.1 Å². The Labute approximate surface area is 141 Å². The molecule has 0 fully saturated rings. The fraction of sp³-hybridized carbons (Fsp3) is 0.231. The maximum Gasteiger partial charge on any atom is 0.416 e. The van der Waals surface area contributed by atoms with Crippen LogP contribution in [-0.4, -0.2) is 20.6 Å². The Morgan fingerprint density at radius 1 is 1.46 bits per heavy atom. The smallest absolute Gasteiger partial charge is 0.358 e. The average molecular weight is 407 g/mol. The van der Waals surface area contributed by atoms with Gasteiger partial charge in [0.15, 0.2) is 0 Å². The van der Waals surface area contributed by atoms with Crippen LogP contribution in [0, 0.1) is 17.0 Å². The van der Waals surface area contributed by atoms with Crippen LogP contribution in [0.25, 0.3) is 0 Å². The maximum atomic E-state index is 12.6. The predicted octanol–water partition coefficient (Wildman–Crippen LogP) is 3.52. The second-order valence-corrected chi connectivity index (χ2v) is 5.56. The molecule has 1 heterocycles. The number of halogens is 4. The van der Waals surface area contributed by atoms with Gasteiger partial charge in [0.05, 0.1) is 16.4 Å². The van der Waals surface area contributed by atoms with Crippen molar-refractivity contribution in [3.63, 3.8) is 0 Å². The number of aromatic nitrogens is 2. The largest absolute Gasteiger partial charge is 0.416 e. The van der Waals surface area contributed by atoms with Crippen LogP contribution in [0.15, 0.2) is 28.7 Å². The third-order valence-corrected chi connectivity index (χ3v) is 3.98. The Morgan fingerprint density at radius 3 is 2.67 bits per heavy atom. The predicted molar refractivity (Wildman–Crippen MR) is 81.4 cm³/mol. The van der Waals surface area contributed by atoms with Gasteiger partial charge in [0.1, 0.15) is 11.0 Å². The van der Waals surface area contributed by atoms with Crippen LogP contribution < -0.4 is 5.32 Å². The monoisotopic (exact) mass is 406 g/mol. The normalized spacial score (nSPS) is 11.4. The summed E-state index contributed by atoms with van der Waals surface area (Å²) in [5.74, 6) is -1.11. The third-order valence-electron chi connectivity index (χ3n) is 3.06. The summed E-state index contributed by atoms with van der Waals surface area (Å²) >= 11 is 3.01. The Bertz CT molecular complexity index is 804. The first-order chi connectivity index (χ1) is 11.1. The first-order valence-electron chi connectivity index (χ1n) is 6.44. The fourth-order valence-electron chi connectivity index (χ4n) is 1.89. The lowest BCUT2D eigenvalue weighted by molar-refractivity contribution is -0.390. The zero-order chi connectivity index (χ0) is 18.1. The minimum absolute atomic E-state index is 0.0341. The van der Waals surface area contributed by atoms with E-state index in [0.717, 1.165) is 16.8 Å². The van der Waals surface area contributed by atoms with Crippen LogP contribution in [0.2, 0.25) is 0 Å². The Morgan fingerprint density at radius 2 is 2.12 bits per heavy atom. The maximum absolute atomic E-state index is 12.6. The summed E-state index contributed by atoms with van der Waals surface area (Å²) in [6, 6.07) is 4.15. The second-order valence-electron chi connectivity index (χ2n) is 4.76. The van der Waals surface area contributed by atoms with E-state index in [1.165, 1.54) is 19.1 Å². The van der Waals surface area contributed by atoms with Crippen molar-refractivity contribution >= 4 is 33.3 Å². The number of carbonyl (C=O) groups excluding carboxylic acids is 1. The van der Waals surface area contributed by atoms with Crippen molar-refractivity contribution in [2.75, 3.05) is 5.32 Å². The minimum atomic E-state index is -4.52. The highest BCUT2D eigenvalue weighted by atomic mass is 79.9. The average Bonchev–Trinajstić information content (AvgIpc) is 2.75. The summed E-state index contributed by atoms with van der Waals surface area (Å²) in [6.07, 6.45) is -4.52. The number of nitrogens with zero attached hydrogens (tertiary/aromatic N) is 3. The van der Waals surface area contributed by atoms with E-state index in [4.69, 9.17) is 0 Å². The highest BCUT2D eigenvalue weighted by Gasteiger charge is 2.30. The topological polar surface area (TPSA) is 90.1 Å². The Hall–Kier alpha value is -2.43. The number of nitro groups is 1. The van der Waals surface area contributed by atoms with Crippen LogP contribution in [0.4, 0.5) is 24.7 Å². The van der Waals surface area contributed by atoms with E-state index < -0.39 is 28.4 Å². The van der Waals surface area contributed by atoms with Crippen LogP contribution in [0.3, 0.4) is 0 Å². The minimum Gasteiger partial charge on any atom is -0.358 e. The van der Waals surface area contributed by atoms with Gasteiger partial charge in [-0.15, -0.1) is 0 Å². The molecule has 0 aliphatic heterocycles. The standard InChI is InChI=1S/C13H10BrF3N4O3/c1-7-11(14)12(21(23)24)19-20(7)6-10(22)18-9-4-2-3-8(5-9)13(15,16)17/h2-5H,6H2,1H3,(H,18,22). The number of amides is 1. The molecular formula is C13H10BrF3N4O3. The summed E-state index contributed by atoms with van der Waals surface area (Å²) in [7, 11) is 0. The van der Waals surface area contributed by atoms with Crippen molar-refractivity contribution in [1.29, 1.82) is 0 Å². The van der Waals surface area contributed by atoms with Gasteiger partial charge in [0, 0.05) is 5.69 Å². The van der Waals surface area contributed by atoms with Gasteiger partial charge in [-0.1, -0.05) is 6.07 Å². The summed E-state index contributed by atoms with van der Waals surface area (Å²) in [4.78, 5) is 22.0. The van der Waals surface area contributed by atoms with Crippen molar-refractivity contribution in [1.82, 2.24) is 9.78 Å². The molecule has 0 aliphatic rings. The fourth-order valence-corrected chi connectivity index (χ4v) is 2.32. The van der Waals surface area contributed by atoms with Crippen molar-refractivity contribution in [2.24, 2.45) is 0 Å². The first kappa shape index (κ1) is 17.9. The van der Waals surface area contributed by atoms with Gasteiger partial charge in [0.2, 0.25) is 5.91 Å². The number of rotatable bonds is 4. The molecule has 0 bridgehead atoms. The van der Waals surface area contributed by atoms with Crippen LogP contribution >= 0.6 is 15.9 Å². The SMILES string of the molecule is Cc1c(Br)c([N+](=O)[O-])nn1CC(=O)Nc1cccc(C(F)(F)F)c1. The van der Waals surface area contributed by atoms with Gasteiger partial charge in [0.25, 0.3) is 0 Å². The molecule has 0 radical (unpaired) electrons. The molecule has 24 heavy (non-hydrogen) atoms. The molecule has 1 N–H and O–H groups in total.